The Morgan fingerprint density at radius 3 is 2.44 bits per heavy atom. The second-order valence-corrected chi connectivity index (χ2v) is 8.34. The van der Waals surface area contributed by atoms with Gasteiger partial charge in [-0.25, -0.2) is 8.42 Å². The third kappa shape index (κ3) is 4.26. The molecule has 1 aliphatic rings. The highest BCUT2D eigenvalue weighted by Gasteiger charge is 2.29. The molecule has 10 heteroatoms. The lowest BCUT2D eigenvalue weighted by molar-refractivity contribution is 0.383. The molecule has 1 aliphatic heterocycles. The average molecular weight is 412 g/mol. The molecule has 0 bridgehead atoms. The van der Waals surface area contributed by atoms with E-state index in [4.69, 9.17) is 16.3 Å². The van der Waals surface area contributed by atoms with Gasteiger partial charge >= 0.3 is 0 Å². The number of ether oxygens (including phenoxy) is 1. The Bertz CT molecular complexity index is 884. The van der Waals surface area contributed by atoms with Crippen LogP contribution in [0.5, 0.6) is 5.75 Å². The lowest BCUT2D eigenvalue weighted by Crippen LogP contribution is -2.49. The van der Waals surface area contributed by atoms with Crippen molar-refractivity contribution in [3.05, 3.63) is 35.4 Å². The van der Waals surface area contributed by atoms with Gasteiger partial charge in [-0.3, -0.25) is 0 Å². The van der Waals surface area contributed by atoms with Crippen LogP contribution in [-0.2, 0) is 10.0 Å². The Labute approximate surface area is 164 Å². The van der Waals surface area contributed by atoms with E-state index in [0.29, 0.717) is 31.9 Å². The zero-order valence-electron chi connectivity index (χ0n) is 15.2. The number of hydrogen-bond donors (Lipinski definition) is 1. The van der Waals surface area contributed by atoms with E-state index in [1.165, 1.54) is 23.5 Å². The Hall–Kier alpha value is -2.10. The maximum Gasteiger partial charge on any atom is 0.243 e. The van der Waals surface area contributed by atoms with E-state index in [0.717, 1.165) is 18.2 Å². The summed E-state index contributed by atoms with van der Waals surface area (Å²) in [6.07, 6.45) is 0. The summed E-state index contributed by atoms with van der Waals surface area (Å²) in [6, 6.07) is 8.25. The third-order valence-corrected chi connectivity index (χ3v) is 6.52. The maximum atomic E-state index is 12.9. The lowest BCUT2D eigenvalue weighted by Gasteiger charge is -2.34. The number of nitrogens with zero attached hydrogens (tertiary/aromatic N) is 4. The number of sulfonamides is 1. The zero-order valence-corrected chi connectivity index (χ0v) is 16.8. The quantitative estimate of drug-likeness (QED) is 0.778. The molecule has 3 rings (SSSR count). The van der Waals surface area contributed by atoms with Crippen LogP contribution in [0.1, 0.15) is 6.92 Å². The minimum absolute atomic E-state index is 0.163. The molecular weight excluding hydrogens is 390 g/mol. The molecule has 1 N–H and O–H groups in total. The molecule has 0 aliphatic carbocycles. The first-order chi connectivity index (χ1) is 13.0. The molecule has 1 saturated heterocycles. The molecule has 0 spiro atoms. The van der Waals surface area contributed by atoms with E-state index >= 15 is 0 Å². The molecule has 0 saturated carbocycles. The van der Waals surface area contributed by atoms with Crippen LogP contribution in [-0.4, -0.2) is 62.8 Å². The van der Waals surface area contributed by atoms with Crippen LogP contribution < -0.4 is 15.0 Å². The number of methoxy groups -OCH3 is 1. The molecule has 0 radical (unpaired) electrons. The minimum atomic E-state index is -3.61. The zero-order chi connectivity index (χ0) is 19.4. The summed E-state index contributed by atoms with van der Waals surface area (Å²) in [4.78, 5) is 2.19. The van der Waals surface area contributed by atoms with Crippen LogP contribution >= 0.6 is 11.6 Å². The van der Waals surface area contributed by atoms with Gasteiger partial charge in [0.15, 0.2) is 5.82 Å². The van der Waals surface area contributed by atoms with Gasteiger partial charge in [0.25, 0.3) is 0 Å². The third-order valence-electron chi connectivity index (χ3n) is 4.33. The molecule has 8 nitrogen and oxygen atoms in total. The summed E-state index contributed by atoms with van der Waals surface area (Å²) in [5.41, 5.74) is 0. The summed E-state index contributed by atoms with van der Waals surface area (Å²) in [5, 5.41) is 11.7. The van der Waals surface area contributed by atoms with Gasteiger partial charge in [0, 0.05) is 32.7 Å². The van der Waals surface area contributed by atoms with Gasteiger partial charge in [0.2, 0.25) is 10.0 Å². The number of halogens is 1. The highest BCUT2D eigenvalue weighted by atomic mass is 35.5. The molecule has 0 unspecified atom stereocenters. The highest BCUT2D eigenvalue weighted by molar-refractivity contribution is 7.89. The SMILES string of the molecule is CCNc1ccc(N2CCN(S(=O)(=O)c3ccc(OC)c(Cl)c3)CC2)nn1. The van der Waals surface area contributed by atoms with Crippen molar-refractivity contribution in [2.45, 2.75) is 11.8 Å². The first-order valence-corrected chi connectivity index (χ1v) is 10.4. The fraction of sp³-hybridized carbons (Fsp3) is 0.412. The predicted molar refractivity (Wildman–Crippen MR) is 105 cm³/mol. The van der Waals surface area contributed by atoms with Crippen molar-refractivity contribution < 1.29 is 13.2 Å². The molecule has 27 heavy (non-hydrogen) atoms. The molecule has 1 fully saturated rings. The van der Waals surface area contributed by atoms with Gasteiger partial charge in [-0.2, -0.15) is 4.31 Å². The Kier molecular flexibility index (Phi) is 6.03. The van der Waals surface area contributed by atoms with Gasteiger partial charge in [0.1, 0.15) is 11.6 Å². The van der Waals surface area contributed by atoms with Gasteiger partial charge in [0.05, 0.1) is 17.0 Å². The monoisotopic (exact) mass is 411 g/mol. The number of anilines is 2. The van der Waals surface area contributed by atoms with Crippen LogP contribution in [0.3, 0.4) is 0 Å². The second-order valence-electron chi connectivity index (χ2n) is 5.99. The fourth-order valence-electron chi connectivity index (χ4n) is 2.88. The smallest absolute Gasteiger partial charge is 0.243 e. The van der Waals surface area contributed by atoms with Crippen LogP contribution in [0.25, 0.3) is 0 Å². The molecule has 1 aromatic carbocycles. The van der Waals surface area contributed by atoms with Crippen LogP contribution in [0, 0.1) is 0 Å². The van der Waals surface area contributed by atoms with E-state index in [1.807, 2.05) is 24.0 Å². The Morgan fingerprint density at radius 1 is 1.15 bits per heavy atom. The van der Waals surface area contributed by atoms with Gasteiger partial charge in [-0.05, 0) is 37.3 Å². The highest BCUT2D eigenvalue weighted by Crippen LogP contribution is 2.29. The van der Waals surface area contributed by atoms with Crippen molar-refractivity contribution >= 4 is 33.3 Å². The van der Waals surface area contributed by atoms with Crippen molar-refractivity contribution in [3.63, 3.8) is 0 Å². The molecule has 0 atom stereocenters. The van der Waals surface area contributed by atoms with E-state index in [9.17, 15) is 8.42 Å². The topological polar surface area (TPSA) is 87.7 Å². The number of benzene rings is 1. The minimum Gasteiger partial charge on any atom is -0.495 e. The molecular formula is C17H22ClN5O3S. The Balaban J connectivity index is 1.68. The normalized spacial score (nSPS) is 15.6. The van der Waals surface area contributed by atoms with Crippen LogP contribution in [0.2, 0.25) is 5.02 Å². The molecule has 2 heterocycles. The van der Waals surface area contributed by atoms with Gasteiger partial charge in [-0.15, -0.1) is 10.2 Å². The molecule has 146 valence electrons. The number of hydrogen-bond acceptors (Lipinski definition) is 7. The van der Waals surface area contributed by atoms with E-state index < -0.39 is 10.0 Å². The number of aromatic nitrogens is 2. The molecule has 0 amide bonds. The summed E-state index contributed by atoms with van der Waals surface area (Å²) in [5.74, 6) is 1.90. The van der Waals surface area contributed by atoms with Crippen molar-refractivity contribution in [1.29, 1.82) is 0 Å². The molecule has 2 aromatic rings. The van der Waals surface area contributed by atoms with Gasteiger partial charge < -0.3 is 15.0 Å². The number of rotatable bonds is 6. The van der Waals surface area contributed by atoms with Crippen molar-refractivity contribution in [1.82, 2.24) is 14.5 Å². The van der Waals surface area contributed by atoms with E-state index in [-0.39, 0.29) is 9.92 Å². The van der Waals surface area contributed by atoms with Gasteiger partial charge in [-0.1, -0.05) is 11.6 Å². The standard InChI is InChI=1S/C17H22ClN5O3S/c1-3-19-16-6-7-17(21-20-16)22-8-10-23(11-9-22)27(24,25)13-4-5-15(26-2)14(18)12-13/h4-7,12H,3,8-11H2,1-2H3,(H,19,20). The first kappa shape index (κ1) is 19.7. The number of nitrogens with one attached hydrogen (secondary N) is 1. The fourth-order valence-corrected chi connectivity index (χ4v) is 4.65. The average Bonchev–Trinajstić information content (AvgIpc) is 2.69. The van der Waals surface area contributed by atoms with Crippen LogP contribution in [0.4, 0.5) is 11.6 Å². The van der Waals surface area contributed by atoms with E-state index in [1.54, 1.807) is 6.07 Å². The second kappa shape index (κ2) is 8.28. The van der Waals surface area contributed by atoms with Crippen molar-refractivity contribution in [2.75, 3.05) is 50.1 Å². The first-order valence-electron chi connectivity index (χ1n) is 8.62. The van der Waals surface area contributed by atoms with E-state index in [2.05, 4.69) is 15.5 Å². The summed E-state index contributed by atoms with van der Waals surface area (Å²) >= 11 is 6.08. The van der Waals surface area contributed by atoms with Crippen molar-refractivity contribution in [2.24, 2.45) is 0 Å². The summed E-state index contributed by atoms with van der Waals surface area (Å²) in [6.45, 7) is 4.58. The maximum absolute atomic E-state index is 12.9. The van der Waals surface area contributed by atoms with Crippen molar-refractivity contribution in [3.8, 4) is 5.75 Å². The summed E-state index contributed by atoms with van der Waals surface area (Å²) < 4.78 is 32.3. The largest absolute Gasteiger partial charge is 0.495 e. The summed E-state index contributed by atoms with van der Waals surface area (Å²) in [7, 11) is -2.12. The lowest BCUT2D eigenvalue weighted by atomic mass is 10.3. The molecule has 1 aromatic heterocycles. The Morgan fingerprint density at radius 2 is 1.89 bits per heavy atom. The number of piperazine rings is 1. The van der Waals surface area contributed by atoms with Crippen LogP contribution in [0.15, 0.2) is 35.2 Å². The predicted octanol–water partition coefficient (Wildman–Crippen LogP) is 2.08.